The van der Waals surface area contributed by atoms with Crippen LogP contribution in [-0.4, -0.2) is 44.0 Å². The number of pyridine rings is 2. The lowest BCUT2D eigenvalue weighted by Gasteiger charge is -2.35. The molecule has 1 atom stereocenters. The van der Waals surface area contributed by atoms with Crippen molar-refractivity contribution < 1.29 is 22.3 Å². The fraction of sp³-hybridized carbons (Fsp3) is 0.281. The lowest BCUT2D eigenvalue weighted by molar-refractivity contribution is 0.0981. The van der Waals surface area contributed by atoms with Crippen LogP contribution in [-0.2, 0) is 10.0 Å². The first-order valence-corrected chi connectivity index (χ1v) is 15.6. The number of hydrogen-bond donors (Lipinski definition) is 2. The molecule has 2 aromatic heterocycles. The van der Waals surface area contributed by atoms with Crippen LogP contribution in [0.25, 0.3) is 11.3 Å². The first-order chi connectivity index (χ1) is 20.6. The topological polar surface area (TPSA) is 128 Å². The Morgan fingerprint density at radius 2 is 1.86 bits per heavy atom. The van der Waals surface area contributed by atoms with E-state index in [0.29, 0.717) is 42.5 Å². The summed E-state index contributed by atoms with van der Waals surface area (Å²) in [6, 6.07) is 21.7. The van der Waals surface area contributed by atoms with E-state index >= 15 is 0 Å². The number of halogens is 1. The molecule has 0 bridgehead atoms. The van der Waals surface area contributed by atoms with Crippen molar-refractivity contribution in [3.8, 4) is 17.0 Å². The van der Waals surface area contributed by atoms with Gasteiger partial charge < -0.3 is 15.4 Å². The highest BCUT2D eigenvalue weighted by atomic mass is 32.2. The molecule has 3 N–H and O–H groups in total. The average molecular weight is 604 g/mol. The van der Waals surface area contributed by atoms with Crippen LogP contribution in [0.4, 0.5) is 16.0 Å². The van der Waals surface area contributed by atoms with Gasteiger partial charge in [0.05, 0.1) is 17.9 Å². The van der Waals surface area contributed by atoms with E-state index in [1.165, 1.54) is 42.0 Å². The number of anilines is 2. The van der Waals surface area contributed by atoms with Gasteiger partial charge in [-0.15, -0.1) is 0 Å². The fourth-order valence-corrected chi connectivity index (χ4v) is 6.00. The first-order valence-electron chi connectivity index (χ1n) is 14.1. The molecule has 0 saturated carbocycles. The van der Waals surface area contributed by atoms with E-state index in [9.17, 15) is 17.6 Å². The molecule has 2 aromatic carbocycles. The number of sulfonamides is 1. The van der Waals surface area contributed by atoms with Crippen LogP contribution in [0.3, 0.4) is 0 Å². The van der Waals surface area contributed by atoms with E-state index in [2.05, 4.69) is 21.8 Å². The molecule has 11 heteroatoms. The van der Waals surface area contributed by atoms with Gasteiger partial charge in [-0.25, -0.2) is 19.1 Å². The summed E-state index contributed by atoms with van der Waals surface area (Å²) >= 11 is 0. The number of nitrogens with zero attached hydrogens (tertiary/aromatic N) is 3. The van der Waals surface area contributed by atoms with Gasteiger partial charge in [0.25, 0.3) is 15.9 Å². The van der Waals surface area contributed by atoms with Gasteiger partial charge >= 0.3 is 0 Å². The van der Waals surface area contributed by atoms with Crippen LogP contribution in [0.2, 0.25) is 0 Å². The van der Waals surface area contributed by atoms with E-state index < -0.39 is 21.7 Å². The molecule has 1 aliphatic rings. The number of benzene rings is 2. The Hall–Kier alpha value is -4.51. The number of hydrogen-bond acceptors (Lipinski definition) is 8. The van der Waals surface area contributed by atoms with Crippen molar-refractivity contribution in [2.24, 2.45) is 5.92 Å². The maximum atomic E-state index is 14.7. The van der Waals surface area contributed by atoms with Crippen LogP contribution >= 0.6 is 0 Å². The predicted octanol–water partition coefficient (Wildman–Crippen LogP) is 5.40. The number of ether oxygens (including phenoxy) is 1. The van der Waals surface area contributed by atoms with Crippen molar-refractivity contribution in [1.82, 2.24) is 14.7 Å². The van der Waals surface area contributed by atoms with E-state index in [1.54, 1.807) is 12.1 Å². The number of carbonyl (C=O) groups is 1. The van der Waals surface area contributed by atoms with Crippen LogP contribution in [0.5, 0.6) is 5.75 Å². The maximum absolute atomic E-state index is 14.7. The Morgan fingerprint density at radius 1 is 1.07 bits per heavy atom. The number of aromatic nitrogens is 2. The highest BCUT2D eigenvalue weighted by molar-refractivity contribution is 7.90. The lowest BCUT2D eigenvalue weighted by Crippen LogP contribution is -2.38. The SMILES string of the molecule is CC(C)COc1cc(F)cc(-c2ccc(C(=O)NS(=O)(=O)c3cccc(N)n3)c(N3CCC[C@@H](c4ccccc4)C3)n2)c1. The Bertz CT molecular complexity index is 1720. The Morgan fingerprint density at radius 3 is 2.60 bits per heavy atom. The van der Waals surface area contributed by atoms with Crippen molar-refractivity contribution in [2.45, 2.75) is 37.6 Å². The zero-order chi connectivity index (χ0) is 30.6. The predicted molar refractivity (Wildman–Crippen MR) is 164 cm³/mol. The molecular weight excluding hydrogens is 569 g/mol. The van der Waals surface area contributed by atoms with Gasteiger partial charge in [-0.2, -0.15) is 8.42 Å². The van der Waals surface area contributed by atoms with Gasteiger partial charge in [-0.3, -0.25) is 4.79 Å². The smallest absolute Gasteiger partial charge is 0.281 e. The molecule has 3 heterocycles. The zero-order valence-corrected chi connectivity index (χ0v) is 24.9. The normalized spacial score (nSPS) is 15.3. The summed E-state index contributed by atoms with van der Waals surface area (Å²) < 4.78 is 48.6. The van der Waals surface area contributed by atoms with Crippen molar-refractivity contribution in [3.63, 3.8) is 0 Å². The number of carbonyl (C=O) groups excluding carboxylic acids is 1. The lowest BCUT2D eigenvalue weighted by atomic mass is 9.90. The Balaban J connectivity index is 1.53. The van der Waals surface area contributed by atoms with Crippen molar-refractivity contribution in [1.29, 1.82) is 0 Å². The third kappa shape index (κ3) is 7.29. The van der Waals surface area contributed by atoms with Crippen LogP contribution in [0, 0.1) is 11.7 Å². The summed E-state index contributed by atoms with van der Waals surface area (Å²) in [4.78, 5) is 24.2. The molecule has 4 aromatic rings. The van der Waals surface area contributed by atoms with Crippen LogP contribution in [0.1, 0.15) is 48.5 Å². The van der Waals surface area contributed by atoms with E-state index in [0.717, 1.165) is 12.8 Å². The summed E-state index contributed by atoms with van der Waals surface area (Å²) in [5, 5.41) is -0.372. The first kappa shape index (κ1) is 30.0. The maximum Gasteiger partial charge on any atom is 0.281 e. The molecule has 1 aliphatic heterocycles. The van der Waals surface area contributed by atoms with Crippen LogP contribution < -0.4 is 20.1 Å². The van der Waals surface area contributed by atoms with Gasteiger partial charge in [0, 0.05) is 30.6 Å². The molecule has 0 spiro atoms. The third-order valence-corrected chi connectivity index (χ3v) is 8.34. The summed E-state index contributed by atoms with van der Waals surface area (Å²) in [5.74, 6) is -0.220. The van der Waals surface area contributed by atoms with Crippen LogP contribution in [0.15, 0.2) is 83.9 Å². The van der Waals surface area contributed by atoms with Crippen molar-refractivity contribution >= 4 is 27.6 Å². The third-order valence-electron chi connectivity index (χ3n) is 7.11. The van der Waals surface area contributed by atoms with E-state index in [1.807, 2.05) is 36.9 Å². The molecule has 0 aliphatic carbocycles. The summed E-state index contributed by atoms with van der Waals surface area (Å²) in [7, 11) is -4.32. The summed E-state index contributed by atoms with van der Waals surface area (Å²) in [6.45, 7) is 5.60. The molecule has 5 rings (SSSR count). The Labute approximate surface area is 251 Å². The number of nitrogens with one attached hydrogen (secondary N) is 1. The molecular formula is C32H34FN5O4S. The quantitative estimate of drug-likeness (QED) is 0.260. The monoisotopic (exact) mass is 603 g/mol. The second-order valence-corrected chi connectivity index (χ2v) is 12.6. The van der Waals surface area contributed by atoms with Gasteiger partial charge in [-0.1, -0.05) is 50.2 Å². The van der Waals surface area contributed by atoms with Gasteiger partial charge in [0.1, 0.15) is 23.2 Å². The number of amides is 1. The van der Waals surface area contributed by atoms with Gasteiger partial charge in [0.15, 0.2) is 5.03 Å². The number of piperidine rings is 1. The summed E-state index contributed by atoms with van der Waals surface area (Å²) in [5.41, 5.74) is 7.79. The minimum Gasteiger partial charge on any atom is -0.493 e. The second-order valence-electron chi connectivity index (χ2n) is 11.0. The van der Waals surface area contributed by atoms with Crippen molar-refractivity contribution in [2.75, 3.05) is 30.3 Å². The molecule has 1 fully saturated rings. The molecule has 0 unspecified atom stereocenters. The standard InChI is InChI=1S/C32H34FN5O4S/c1-21(2)20-42-26-17-24(16-25(33)18-26)28-14-13-27(32(39)37-43(40,41)30-12-6-11-29(34)36-30)31(35-28)38-15-7-10-23(19-38)22-8-4-3-5-9-22/h3-6,8-9,11-14,16-18,21,23H,7,10,15,19-20H2,1-2H3,(H2,34,36)(H,37,39)/t23-/m1/s1. The number of nitrogens with two attached hydrogens (primary N) is 1. The fourth-order valence-electron chi connectivity index (χ4n) is 5.06. The minimum absolute atomic E-state index is 0.00846. The molecule has 0 radical (unpaired) electrons. The molecule has 43 heavy (non-hydrogen) atoms. The van der Waals surface area contributed by atoms with E-state index in [4.69, 9.17) is 15.5 Å². The minimum atomic E-state index is -4.32. The van der Waals surface area contributed by atoms with E-state index in [-0.39, 0.29) is 28.2 Å². The van der Waals surface area contributed by atoms with Crippen molar-refractivity contribution in [3.05, 3.63) is 95.8 Å². The molecule has 224 valence electrons. The average Bonchev–Trinajstić information content (AvgIpc) is 3.00. The second kappa shape index (κ2) is 12.8. The molecule has 1 saturated heterocycles. The highest BCUT2D eigenvalue weighted by Gasteiger charge is 2.29. The number of rotatable bonds is 9. The zero-order valence-electron chi connectivity index (χ0n) is 24.0. The van der Waals surface area contributed by atoms with Gasteiger partial charge in [-0.05, 0) is 60.7 Å². The highest BCUT2D eigenvalue weighted by Crippen LogP contribution is 2.33. The Kier molecular flexibility index (Phi) is 8.91. The summed E-state index contributed by atoms with van der Waals surface area (Å²) in [6.07, 6.45) is 1.79. The largest absolute Gasteiger partial charge is 0.493 e. The molecule has 1 amide bonds. The van der Waals surface area contributed by atoms with Gasteiger partial charge in [0.2, 0.25) is 0 Å². The number of nitrogen functional groups attached to an aromatic ring is 1. The molecule has 9 nitrogen and oxygen atoms in total.